The fourth-order valence-electron chi connectivity index (χ4n) is 0.795. The monoisotopic (exact) mass is 191 g/mol. The van der Waals surface area contributed by atoms with E-state index in [9.17, 15) is 9.90 Å². The standard InChI is InChI=1S/C7H17N3O2.H3N/c1-5(6(11)12)3-2-4-10-7(8)9;/h5,7,10H,2-4,8-9H2,1H3,(H,11,12);1H3/p-1. The first-order valence-electron chi connectivity index (χ1n) is 3.99. The van der Waals surface area contributed by atoms with E-state index in [1.807, 2.05) is 0 Å². The summed E-state index contributed by atoms with van der Waals surface area (Å²) < 4.78 is 0. The highest BCUT2D eigenvalue weighted by atomic mass is 16.4. The highest BCUT2D eigenvalue weighted by Gasteiger charge is 2.01. The number of carboxylic acids is 1. The predicted molar refractivity (Wildman–Crippen MR) is 48.6 cm³/mol. The molecule has 0 fully saturated rings. The smallest absolute Gasteiger partial charge is 0.106 e. The first-order chi connectivity index (χ1) is 5.54. The molecule has 0 rings (SSSR count). The maximum absolute atomic E-state index is 10.2. The van der Waals surface area contributed by atoms with Crippen LogP contribution < -0.4 is 28.0 Å². The number of carbonyl (C=O) groups excluding carboxylic acids is 1. The lowest BCUT2D eigenvalue weighted by Gasteiger charge is -2.13. The summed E-state index contributed by atoms with van der Waals surface area (Å²) in [6.07, 6.45) is 0.797. The number of rotatable bonds is 6. The SMILES string of the molecule is CC(CCCNC(N)N)C(=O)[O-].N. The molecular weight excluding hydrogens is 172 g/mol. The number of aliphatic carboxylic acids is 1. The van der Waals surface area contributed by atoms with Crippen LogP contribution in [0.2, 0.25) is 0 Å². The van der Waals surface area contributed by atoms with Crippen molar-refractivity contribution in [2.24, 2.45) is 17.4 Å². The van der Waals surface area contributed by atoms with Crippen molar-refractivity contribution >= 4 is 5.97 Å². The van der Waals surface area contributed by atoms with Gasteiger partial charge < -0.3 is 27.5 Å². The zero-order chi connectivity index (χ0) is 9.56. The van der Waals surface area contributed by atoms with Gasteiger partial charge in [0.2, 0.25) is 0 Å². The van der Waals surface area contributed by atoms with Gasteiger partial charge in [-0.05, 0) is 25.3 Å². The van der Waals surface area contributed by atoms with E-state index in [1.54, 1.807) is 6.92 Å². The number of hydrogen-bond acceptors (Lipinski definition) is 6. The summed E-state index contributed by atoms with van der Waals surface area (Å²) >= 11 is 0. The van der Waals surface area contributed by atoms with Crippen molar-refractivity contribution in [1.29, 1.82) is 0 Å². The van der Waals surface area contributed by atoms with Crippen molar-refractivity contribution in [3.05, 3.63) is 0 Å². The number of carbonyl (C=O) groups is 1. The van der Waals surface area contributed by atoms with Crippen molar-refractivity contribution in [3.63, 3.8) is 0 Å². The van der Waals surface area contributed by atoms with Crippen LogP contribution in [0.1, 0.15) is 19.8 Å². The van der Waals surface area contributed by atoms with Gasteiger partial charge in [-0.25, -0.2) is 0 Å². The third kappa shape index (κ3) is 9.22. The van der Waals surface area contributed by atoms with Gasteiger partial charge >= 0.3 is 0 Å². The summed E-state index contributed by atoms with van der Waals surface area (Å²) in [5.41, 5.74) is 10.4. The van der Waals surface area contributed by atoms with E-state index in [-0.39, 0.29) is 6.15 Å². The van der Waals surface area contributed by atoms with Gasteiger partial charge in [0, 0.05) is 5.97 Å². The van der Waals surface area contributed by atoms with E-state index in [2.05, 4.69) is 5.32 Å². The normalized spacial score (nSPS) is 12.3. The molecular formula is C7H19N4O2-. The Labute approximate surface area is 78.3 Å². The fraction of sp³-hybridized carbons (Fsp3) is 0.857. The highest BCUT2D eigenvalue weighted by Crippen LogP contribution is 2.02. The lowest BCUT2D eigenvalue weighted by Crippen LogP contribution is -2.45. The van der Waals surface area contributed by atoms with E-state index in [0.717, 1.165) is 6.42 Å². The maximum atomic E-state index is 10.2. The minimum Gasteiger partial charge on any atom is -0.550 e. The number of nitrogens with one attached hydrogen (secondary N) is 1. The first kappa shape index (κ1) is 14.8. The molecule has 6 heteroatoms. The van der Waals surface area contributed by atoms with Crippen LogP contribution in [0.25, 0.3) is 0 Å². The Bertz CT molecular complexity index is 140. The number of nitrogens with two attached hydrogens (primary N) is 2. The van der Waals surface area contributed by atoms with Gasteiger partial charge in [0.25, 0.3) is 0 Å². The van der Waals surface area contributed by atoms with E-state index in [1.165, 1.54) is 0 Å². The van der Waals surface area contributed by atoms with Crippen LogP contribution >= 0.6 is 0 Å². The molecule has 1 atom stereocenters. The topological polar surface area (TPSA) is 139 Å². The van der Waals surface area contributed by atoms with E-state index in [0.29, 0.717) is 13.0 Å². The van der Waals surface area contributed by atoms with E-state index >= 15 is 0 Å². The average molecular weight is 191 g/mol. The van der Waals surface area contributed by atoms with Crippen LogP contribution in [0.15, 0.2) is 0 Å². The molecule has 0 saturated heterocycles. The van der Waals surface area contributed by atoms with Gasteiger partial charge in [-0.3, -0.25) is 5.32 Å². The molecule has 80 valence electrons. The number of carboxylic acid groups (broad SMARTS) is 1. The van der Waals surface area contributed by atoms with Crippen molar-refractivity contribution in [3.8, 4) is 0 Å². The van der Waals surface area contributed by atoms with Crippen molar-refractivity contribution in [2.45, 2.75) is 26.1 Å². The minimum atomic E-state index is -1.01. The molecule has 0 aromatic rings. The summed E-state index contributed by atoms with van der Waals surface area (Å²) in [7, 11) is 0. The molecule has 0 radical (unpaired) electrons. The Kier molecular flexibility index (Phi) is 9.04. The van der Waals surface area contributed by atoms with Crippen molar-refractivity contribution < 1.29 is 9.90 Å². The second-order valence-corrected chi connectivity index (χ2v) is 2.84. The summed E-state index contributed by atoms with van der Waals surface area (Å²) in [6, 6.07) is 0. The van der Waals surface area contributed by atoms with Crippen LogP contribution in [0.3, 0.4) is 0 Å². The van der Waals surface area contributed by atoms with Gasteiger partial charge in [0.15, 0.2) is 0 Å². The van der Waals surface area contributed by atoms with Gasteiger partial charge in [0.1, 0.15) is 6.29 Å². The van der Waals surface area contributed by atoms with Gasteiger partial charge in [-0.2, -0.15) is 0 Å². The summed E-state index contributed by atoms with van der Waals surface area (Å²) in [6.45, 7) is 2.26. The van der Waals surface area contributed by atoms with E-state index in [4.69, 9.17) is 11.5 Å². The first-order valence-corrected chi connectivity index (χ1v) is 3.99. The van der Waals surface area contributed by atoms with Gasteiger partial charge in [-0.1, -0.05) is 6.92 Å². The number of hydrogen-bond donors (Lipinski definition) is 4. The fourth-order valence-corrected chi connectivity index (χ4v) is 0.795. The summed E-state index contributed by atoms with van der Waals surface area (Å²) in [4.78, 5) is 10.2. The quantitative estimate of drug-likeness (QED) is 0.286. The molecule has 0 amide bonds. The van der Waals surface area contributed by atoms with E-state index < -0.39 is 18.2 Å². The molecule has 0 aliphatic heterocycles. The Morgan fingerprint density at radius 2 is 2.08 bits per heavy atom. The maximum Gasteiger partial charge on any atom is 0.106 e. The molecule has 1 unspecified atom stereocenters. The zero-order valence-corrected chi connectivity index (χ0v) is 7.95. The van der Waals surface area contributed by atoms with Crippen molar-refractivity contribution in [1.82, 2.24) is 11.5 Å². The molecule has 0 heterocycles. The van der Waals surface area contributed by atoms with Crippen LogP contribution in [-0.2, 0) is 4.79 Å². The molecule has 0 aliphatic carbocycles. The van der Waals surface area contributed by atoms with Crippen LogP contribution in [0.5, 0.6) is 0 Å². The summed E-state index contributed by atoms with van der Waals surface area (Å²) in [5.74, 6) is -1.41. The Hall–Kier alpha value is -0.690. The van der Waals surface area contributed by atoms with Crippen LogP contribution in [-0.4, -0.2) is 18.8 Å². The van der Waals surface area contributed by atoms with Crippen molar-refractivity contribution in [2.75, 3.05) is 6.54 Å². The molecule has 8 N–H and O–H groups in total. The third-order valence-corrected chi connectivity index (χ3v) is 1.60. The van der Waals surface area contributed by atoms with Crippen LogP contribution in [0, 0.1) is 5.92 Å². The lowest BCUT2D eigenvalue weighted by atomic mass is 10.1. The molecule has 0 saturated carbocycles. The Morgan fingerprint density at radius 3 is 2.46 bits per heavy atom. The van der Waals surface area contributed by atoms with Crippen LogP contribution in [0.4, 0.5) is 0 Å². The molecule has 0 aromatic heterocycles. The van der Waals surface area contributed by atoms with Gasteiger partial charge in [-0.15, -0.1) is 0 Å². The third-order valence-electron chi connectivity index (χ3n) is 1.60. The minimum absolute atomic E-state index is 0. The van der Waals surface area contributed by atoms with Gasteiger partial charge in [0.05, 0.1) is 0 Å². The molecule has 6 nitrogen and oxygen atoms in total. The lowest BCUT2D eigenvalue weighted by molar-refractivity contribution is -0.311. The summed E-state index contributed by atoms with van der Waals surface area (Å²) in [5, 5.41) is 13.0. The molecule has 0 bridgehead atoms. The Morgan fingerprint density at radius 1 is 1.54 bits per heavy atom. The zero-order valence-electron chi connectivity index (χ0n) is 7.95. The average Bonchev–Trinajstić information content (AvgIpc) is 1.97. The second-order valence-electron chi connectivity index (χ2n) is 2.84. The second kappa shape index (κ2) is 7.93. The molecule has 0 aliphatic rings. The largest absolute Gasteiger partial charge is 0.550 e. The predicted octanol–water partition coefficient (Wildman–Crippen LogP) is -1.89. The molecule has 0 spiro atoms. The molecule has 13 heavy (non-hydrogen) atoms. The molecule has 0 aromatic carbocycles. The Balaban J connectivity index is 0. The highest BCUT2D eigenvalue weighted by molar-refractivity contribution is 5.66.